The Balaban J connectivity index is 1.55. The highest BCUT2D eigenvalue weighted by Crippen LogP contribution is 2.32. The minimum atomic E-state index is -0.0794. The van der Waals surface area contributed by atoms with Crippen molar-refractivity contribution in [3.05, 3.63) is 59.8 Å². The summed E-state index contributed by atoms with van der Waals surface area (Å²) in [5.74, 6) is 2.66. The molecule has 33 heavy (non-hydrogen) atoms. The highest BCUT2D eigenvalue weighted by atomic mass is 16.5. The van der Waals surface area contributed by atoms with Crippen molar-refractivity contribution in [3.8, 4) is 23.0 Å². The predicted octanol–water partition coefficient (Wildman–Crippen LogP) is 5.30. The summed E-state index contributed by atoms with van der Waals surface area (Å²) in [6.45, 7) is 6.05. The fraction of sp³-hybridized carbons (Fsp3) is 0.423. The third kappa shape index (κ3) is 5.53. The Kier molecular flexibility index (Phi) is 7.27. The minimum Gasteiger partial charge on any atom is -0.438 e. The summed E-state index contributed by atoms with van der Waals surface area (Å²) in [7, 11) is 0. The van der Waals surface area contributed by atoms with E-state index >= 15 is 0 Å². The molecule has 0 bridgehead atoms. The molecule has 1 aliphatic carbocycles. The van der Waals surface area contributed by atoms with E-state index in [0.717, 1.165) is 5.56 Å². The van der Waals surface area contributed by atoms with Crippen LogP contribution in [0.5, 0.6) is 11.6 Å². The minimum absolute atomic E-state index is 0.0794. The van der Waals surface area contributed by atoms with Gasteiger partial charge < -0.3 is 10.1 Å². The first-order valence-electron chi connectivity index (χ1n) is 11.8. The van der Waals surface area contributed by atoms with Crippen LogP contribution >= 0.6 is 0 Å². The molecule has 0 aliphatic heterocycles. The molecular formula is C26H31N5O2. The topological polar surface area (TPSA) is 89.9 Å². The number of hydrogen-bond acceptors (Lipinski definition) is 6. The van der Waals surface area contributed by atoms with Crippen LogP contribution in [0, 0.1) is 12.8 Å². The molecule has 1 atom stereocenters. The maximum absolute atomic E-state index is 13.0. The third-order valence-electron chi connectivity index (χ3n) is 6.32. The molecule has 2 heterocycles. The lowest BCUT2D eigenvalue weighted by atomic mass is 9.84. The Morgan fingerprint density at radius 2 is 1.97 bits per heavy atom. The maximum Gasteiger partial charge on any atom is 0.251 e. The third-order valence-corrected chi connectivity index (χ3v) is 6.32. The highest BCUT2D eigenvalue weighted by molar-refractivity contribution is 5.95. The molecule has 172 valence electrons. The predicted molar refractivity (Wildman–Crippen MR) is 127 cm³/mol. The van der Waals surface area contributed by atoms with Crippen LogP contribution in [0.25, 0.3) is 11.4 Å². The highest BCUT2D eigenvalue weighted by Gasteiger charge is 2.22. The molecule has 1 N–H and O–H groups in total. The van der Waals surface area contributed by atoms with Gasteiger partial charge in [0.15, 0.2) is 5.82 Å². The SMILES string of the molecule is CCc1ncnc(-c2cccnc2Oc2cc(C(=O)N[C@H](C)C3CCCCC3)ccc2C)n1. The molecule has 7 nitrogen and oxygen atoms in total. The van der Waals surface area contributed by atoms with Gasteiger partial charge in [0.2, 0.25) is 5.88 Å². The second-order valence-corrected chi connectivity index (χ2v) is 8.68. The van der Waals surface area contributed by atoms with E-state index in [4.69, 9.17) is 4.74 Å². The van der Waals surface area contributed by atoms with E-state index in [2.05, 4.69) is 32.2 Å². The molecule has 1 saturated carbocycles. The monoisotopic (exact) mass is 445 g/mol. The quantitative estimate of drug-likeness (QED) is 0.531. The molecule has 1 amide bonds. The van der Waals surface area contributed by atoms with Gasteiger partial charge in [-0.1, -0.05) is 32.3 Å². The fourth-order valence-electron chi connectivity index (χ4n) is 4.27. The summed E-state index contributed by atoms with van der Waals surface area (Å²) in [4.78, 5) is 30.3. The summed E-state index contributed by atoms with van der Waals surface area (Å²) >= 11 is 0. The van der Waals surface area contributed by atoms with Crippen molar-refractivity contribution in [2.45, 2.75) is 65.3 Å². The van der Waals surface area contributed by atoms with Crippen LogP contribution < -0.4 is 10.1 Å². The Morgan fingerprint density at radius 1 is 1.15 bits per heavy atom. The number of aryl methyl sites for hydroxylation is 2. The lowest BCUT2D eigenvalue weighted by molar-refractivity contribution is 0.0919. The van der Waals surface area contributed by atoms with Crippen molar-refractivity contribution in [1.29, 1.82) is 0 Å². The lowest BCUT2D eigenvalue weighted by Gasteiger charge is -2.28. The zero-order valence-corrected chi connectivity index (χ0v) is 19.5. The molecule has 2 aromatic heterocycles. The van der Waals surface area contributed by atoms with Crippen LogP contribution in [0.1, 0.15) is 67.7 Å². The molecule has 1 aromatic carbocycles. The second-order valence-electron chi connectivity index (χ2n) is 8.68. The first kappa shape index (κ1) is 22.8. The van der Waals surface area contributed by atoms with Gasteiger partial charge in [-0.25, -0.2) is 19.9 Å². The van der Waals surface area contributed by atoms with Gasteiger partial charge in [-0.15, -0.1) is 0 Å². The number of hydrogen-bond donors (Lipinski definition) is 1. The van der Waals surface area contributed by atoms with Crippen molar-refractivity contribution >= 4 is 5.91 Å². The van der Waals surface area contributed by atoms with E-state index in [9.17, 15) is 4.79 Å². The Labute approximate surface area is 195 Å². The summed E-state index contributed by atoms with van der Waals surface area (Å²) in [6, 6.07) is 9.36. The van der Waals surface area contributed by atoms with Crippen LogP contribution in [-0.4, -0.2) is 31.9 Å². The van der Waals surface area contributed by atoms with Crippen molar-refractivity contribution in [3.63, 3.8) is 0 Å². The van der Waals surface area contributed by atoms with Gasteiger partial charge in [-0.05, 0) is 62.4 Å². The molecule has 0 radical (unpaired) electrons. The zero-order chi connectivity index (χ0) is 23.2. The van der Waals surface area contributed by atoms with E-state index in [-0.39, 0.29) is 11.9 Å². The van der Waals surface area contributed by atoms with Crippen LogP contribution in [0.4, 0.5) is 0 Å². The first-order chi connectivity index (χ1) is 16.0. The summed E-state index contributed by atoms with van der Waals surface area (Å²) in [5.41, 5.74) is 2.16. The number of nitrogens with zero attached hydrogens (tertiary/aromatic N) is 4. The van der Waals surface area contributed by atoms with E-state index in [1.165, 1.54) is 38.4 Å². The molecule has 1 fully saturated rings. The maximum atomic E-state index is 13.0. The molecule has 3 aromatic rings. The van der Waals surface area contributed by atoms with Gasteiger partial charge in [-0.3, -0.25) is 4.79 Å². The summed E-state index contributed by atoms with van der Waals surface area (Å²) in [5, 5.41) is 3.19. The summed E-state index contributed by atoms with van der Waals surface area (Å²) < 4.78 is 6.19. The number of benzene rings is 1. The second kappa shape index (κ2) is 10.5. The number of carbonyl (C=O) groups excluding carboxylic acids is 1. The molecule has 1 aliphatic rings. The van der Waals surface area contributed by atoms with Gasteiger partial charge in [0, 0.05) is 24.2 Å². The fourth-order valence-corrected chi connectivity index (χ4v) is 4.27. The van der Waals surface area contributed by atoms with Gasteiger partial charge in [0.05, 0.1) is 5.56 Å². The number of nitrogens with one attached hydrogen (secondary N) is 1. The Bertz CT molecular complexity index is 1110. The number of rotatable bonds is 7. The van der Waals surface area contributed by atoms with Gasteiger partial charge in [-0.2, -0.15) is 0 Å². The standard InChI is InChI=1S/C26H31N5O2/c1-4-23-28-16-29-24(31-23)21-11-8-14-27-26(21)33-22-15-20(13-12-17(22)2)25(32)30-18(3)19-9-6-5-7-10-19/h8,11-16,18-19H,4-7,9-10H2,1-3H3,(H,30,32)/t18-/m1/s1. The molecule has 0 spiro atoms. The molecular weight excluding hydrogens is 414 g/mol. The number of ether oxygens (including phenoxy) is 1. The van der Waals surface area contributed by atoms with Crippen LogP contribution in [0.15, 0.2) is 42.9 Å². The smallest absolute Gasteiger partial charge is 0.251 e. The normalized spacial score (nSPS) is 15.1. The molecule has 0 unspecified atom stereocenters. The van der Waals surface area contributed by atoms with Gasteiger partial charge in [0.25, 0.3) is 5.91 Å². The average molecular weight is 446 g/mol. The van der Waals surface area contributed by atoms with E-state index in [0.29, 0.717) is 46.7 Å². The lowest BCUT2D eigenvalue weighted by Crippen LogP contribution is -2.38. The van der Waals surface area contributed by atoms with E-state index < -0.39 is 0 Å². The number of amides is 1. The van der Waals surface area contributed by atoms with Gasteiger partial charge >= 0.3 is 0 Å². The van der Waals surface area contributed by atoms with Crippen molar-refractivity contribution < 1.29 is 9.53 Å². The largest absolute Gasteiger partial charge is 0.438 e. The van der Waals surface area contributed by atoms with Crippen LogP contribution in [0.2, 0.25) is 0 Å². The molecule has 0 saturated heterocycles. The number of aromatic nitrogens is 4. The van der Waals surface area contributed by atoms with Crippen LogP contribution in [-0.2, 0) is 6.42 Å². The summed E-state index contributed by atoms with van der Waals surface area (Å²) in [6.07, 6.45) is 10.0. The average Bonchev–Trinajstić information content (AvgIpc) is 2.86. The van der Waals surface area contributed by atoms with Crippen LogP contribution in [0.3, 0.4) is 0 Å². The first-order valence-corrected chi connectivity index (χ1v) is 11.8. The molecule has 4 rings (SSSR count). The van der Waals surface area contributed by atoms with Crippen molar-refractivity contribution in [2.75, 3.05) is 0 Å². The Morgan fingerprint density at radius 3 is 2.76 bits per heavy atom. The Hall–Kier alpha value is -3.35. The zero-order valence-electron chi connectivity index (χ0n) is 19.5. The van der Waals surface area contributed by atoms with Crippen molar-refractivity contribution in [2.24, 2.45) is 5.92 Å². The van der Waals surface area contributed by atoms with Crippen molar-refractivity contribution in [1.82, 2.24) is 25.3 Å². The number of pyridine rings is 1. The molecule has 7 heteroatoms. The number of carbonyl (C=O) groups is 1. The van der Waals surface area contributed by atoms with E-state index in [1.54, 1.807) is 12.3 Å². The van der Waals surface area contributed by atoms with Gasteiger partial charge in [0.1, 0.15) is 17.9 Å². The van der Waals surface area contributed by atoms with E-state index in [1.807, 2.05) is 38.1 Å².